The van der Waals surface area contributed by atoms with Crippen molar-refractivity contribution < 1.29 is 4.79 Å². The van der Waals surface area contributed by atoms with E-state index in [1.54, 1.807) is 23.7 Å². The van der Waals surface area contributed by atoms with Gasteiger partial charge in [0.25, 0.3) is 0 Å². The third-order valence-corrected chi connectivity index (χ3v) is 6.80. The van der Waals surface area contributed by atoms with Gasteiger partial charge in [0.1, 0.15) is 17.0 Å². The van der Waals surface area contributed by atoms with E-state index in [2.05, 4.69) is 31.2 Å². The van der Waals surface area contributed by atoms with Gasteiger partial charge in [-0.25, -0.2) is 9.97 Å². The van der Waals surface area contributed by atoms with E-state index in [1.165, 1.54) is 16.7 Å². The zero-order valence-electron chi connectivity index (χ0n) is 16.1. The number of nitrogen functional groups attached to an aromatic ring is 1. The van der Waals surface area contributed by atoms with Gasteiger partial charge in [0.05, 0.1) is 17.6 Å². The average molecular weight is 473 g/mol. The number of nitrogens with two attached hydrogens (primary N) is 1. The second kappa shape index (κ2) is 7.72. The number of carbonyl (C=O) groups excluding carboxylic acids is 1. The Morgan fingerprint density at radius 2 is 2.21 bits per heavy atom. The standard InChI is InChI=1S/C20H21BrN6OS/c1-10(2)20(28)27-4-3-12-16(8-27)29-19-17(12)18(24-9-25-19)26-15-5-11(7-22)14(23)6-13(15)21/h5-7,9-10,22H,3-4,8,23H2,1-2H3,(H,24,25,26). The van der Waals surface area contributed by atoms with E-state index in [1.807, 2.05) is 24.8 Å². The Labute approximate surface area is 181 Å². The van der Waals surface area contributed by atoms with Crippen molar-refractivity contribution in [3.63, 3.8) is 0 Å². The van der Waals surface area contributed by atoms with E-state index in [0.717, 1.165) is 32.6 Å². The second-order valence-electron chi connectivity index (χ2n) is 7.30. The zero-order valence-corrected chi connectivity index (χ0v) is 18.5. The second-order valence-corrected chi connectivity index (χ2v) is 9.24. The normalized spacial score (nSPS) is 13.6. The molecule has 0 spiro atoms. The SMILES string of the molecule is CC(C)C(=O)N1CCc2c(sc3ncnc(Nc4cc(C=N)c(N)cc4Br)c23)C1. The highest BCUT2D eigenvalue weighted by atomic mass is 79.9. The number of anilines is 3. The number of benzene rings is 1. The zero-order chi connectivity index (χ0) is 20.7. The number of nitrogens with one attached hydrogen (secondary N) is 2. The molecule has 0 atom stereocenters. The molecule has 29 heavy (non-hydrogen) atoms. The van der Waals surface area contributed by atoms with Crippen LogP contribution in [0.1, 0.15) is 29.9 Å². The Kier molecular flexibility index (Phi) is 5.26. The number of halogens is 1. The summed E-state index contributed by atoms with van der Waals surface area (Å²) >= 11 is 5.15. The summed E-state index contributed by atoms with van der Waals surface area (Å²) in [6.07, 6.45) is 3.56. The van der Waals surface area contributed by atoms with Crippen LogP contribution in [0.3, 0.4) is 0 Å². The molecule has 0 radical (unpaired) electrons. The van der Waals surface area contributed by atoms with Crippen LogP contribution in [0.15, 0.2) is 22.9 Å². The maximum atomic E-state index is 12.4. The van der Waals surface area contributed by atoms with Crippen LogP contribution in [0, 0.1) is 11.3 Å². The number of rotatable bonds is 4. The third kappa shape index (κ3) is 3.60. The lowest BCUT2D eigenvalue weighted by Crippen LogP contribution is -2.37. The monoisotopic (exact) mass is 472 g/mol. The first-order valence-corrected chi connectivity index (χ1v) is 10.9. The van der Waals surface area contributed by atoms with Crippen LogP contribution < -0.4 is 11.1 Å². The van der Waals surface area contributed by atoms with Gasteiger partial charge in [0, 0.05) is 39.3 Å². The summed E-state index contributed by atoms with van der Waals surface area (Å²) in [7, 11) is 0. The maximum Gasteiger partial charge on any atom is 0.225 e. The molecule has 1 aromatic carbocycles. The Bertz CT molecular complexity index is 1130. The maximum absolute atomic E-state index is 12.4. The summed E-state index contributed by atoms with van der Waals surface area (Å²) in [6, 6.07) is 3.60. The largest absolute Gasteiger partial charge is 0.398 e. The van der Waals surface area contributed by atoms with Crippen LogP contribution in [-0.4, -0.2) is 33.5 Å². The first-order chi connectivity index (χ1) is 13.9. The molecular weight excluding hydrogens is 452 g/mol. The lowest BCUT2D eigenvalue weighted by Gasteiger charge is -2.28. The molecule has 1 amide bonds. The van der Waals surface area contributed by atoms with Crippen LogP contribution >= 0.6 is 27.3 Å². The predicted octanol–water partition coefficient (Wildman–Crippen LogP) is 4.32. The molecule has 1 aliphatic rings. The van der Waals surface area contributed by atoms with Crippen molar-refractivity contribution >= 4 is 66.8 Å². The third-order valence-electron chi connectivity index (χ3n) is 5.02. The number of hydrogen-bond donors (Lipinski definition) is 3. The van der Waals surface area contributed by atoms with Crippen LogP contribution in [0.25, 0.3) is 10.2 Å². The van der Waals surface area contributed by atoms with Crippen molar-refractivity contribution in [1.82, 2.24) is 14.9 Å². The minimum absolute atomic E-state index is 0.00569. The minimum atomic E-state index is -0.00569. The number of nitrogens with zero attached hydrogens (tertiary/aromatic N) is 3. The molecule has 0 saturated carbocycles. The smallest absolute Gasteiger partial charge is 0.225 e. The summed E-state index contributed by atoms with van der Waals surface area (Å²) in [5.74, 6) is 0.897. The van der Waals surface area contributed by atoms with Gasteiger partial charge in [0.15, 0.2) is 0 Å². The van der Waals surface area contributed by atoms with Crippen molar-refractivity contribution in [3.05, 3.63) is 38.9 Å². The number of aromatic nitrogens is 2. The summed E-state index contributed by atoms with van der Waals surface area (Å²) in [6.45, 7) is 5.19. The molecule has 4 rings (SSSR count). The summed E-state index contributed by atoms with van der Waals surface area (Å²) in [4.78, 5) is 25.4. The molecule has 7 nitrogen and oxygen atoms in total. The topological polar surface area (TPSA) is 108 Å². The first kappa shape index (κ1) is 19.8. The van der Waals surface area contributed by atoms with E-state index >= 15 is 0 Å². The molecule has 0 unspecified atom stereocenters. The van der Waals surface area contributed by atoms with E-state index in [4.69, 9.17) is 11.1 Å². The van der Waals surface area contributed by atoms with Crippen molar-refractivity contribution in [2.45, 2.75) is 26.8 Å². The van der Waals surface area contributed by atoms with Crippen molar-refractivity contribution in [1.29, 1.82) is 5.41 Å². The van der Waals surface area contributed by atoms with Crippen LogP contribution in [-0.2, 0) is 17.8 Å². The number of fused-ring (bicyclic) bond motifs is 3. The lowest BCUT2D eigenvalue weighted by atomic mass is 10.0. The minimum Gasteiger partial charge on any atom is -0.398 e. The molecule has 0 fully saturated rings. The Balaban J connectivity index is 1.73. The Morgan fingerprint density at radius 3 is 2.93 bits per heavy atom. The first-order valence-electron chi connectivity index (χ1n) is 9.29. The molecule has 3 heterocycles. The van der Waals surface area contributed by atoms with Crippen LogP contribution in [0.2, 0.25) is 0 Å². The molecule has 0 saturated heterocycles. The number of hydrogen-bond acceptors (Lipinski definition) is 7. The molecule has 9 heteroatoms. The Morgan fingerprint density at radius 1 is 1.41 bits per heavy atom. The van der Waals surface area contributed by atoms with E-state index < -0.39 is 0 Å². The molecule has 0 aliphatic carbocycles. The fourth-order valence-electron chi connectivity index (χ4n) is 3.53. The van der Waals surface area contributed by atoms with Gasteiger partial charge in [-0.2, -0.15) is 0 Å². The van der Waals surface area contributed by atoms with Gasteiger partial charge < -0.3 is 21.4 Å². The highest BCUT2D eigenvalue weighted by molar-refractivity contribution is 9.10. The highest BCUT2D eigenvalue weighted by Gasteiger charge is 2.27. The van der Waals surface area contributed by atoms with Gasteiger partial charge in [-0.1, -0.05) is 13.8 Å². The van der Waals surface area contributed by atoms with Crippen molar-refractivity contribution in [2.24, 2.45) is 5.92 Å². The molecule has 0 bridgehead atoms. The van der Waals surface area contributed by atoms with Gasteiger partial charge in [-0.15, -0.1) is 11.3 Å². The van der Waals surface area contributed by atoms with Gasteiger partial charge >= 0.3 is 0 Å². The quantitative estimate of drug-likeness (QED) is 0.387. The van der Waals surface area contributed by atoms with Gasteiger partial charge in [-0.05, 0) is 40.0 Å². The van der Waals surface area contributed by atoms with Gasteiger partial charge in [0.2, 0.25) is 5.91 Å². The van der Waals surface area contributed by atoms with E-state index in [0.29, 0.717) is 24.3 Å². The summed E-state index contributed by atoms with van der Waals surface area (Å²) < 4.78 is 0.796. The number of thiophene rings is 1. The average Bonchev–Trinajstić information content (AvgIpc) is 3.07. The molecule has 150 valence electrons. The fraction of sp³-hybridized carbons (Fsp3) is 0.300. The molecular formula is C20H21BrN6OS. The predicted molar refractivity (Wildman–Crippen MR) is 121 cm³/mol. The fourth-order valence-corrected chi connectivity index (χ4v) is 5.19. The summed E-state index contributed by atoms with van der Waals surface area (Å²) in [5.41, 5.74) is 9.11. The number of carbonyl (C=O) groups is 1. The highest BCUT2D eigenvalue weighted by Crippen LogP contribution is 2.39. The Hall–Kier alpha value is -2.52. The summed E-state index contributed by atoms with van der Waals surface area (Å²) in [5, 5.41) is 11.9. The van der Waals surface area contributed by atoms with Crippen molar-refractivity contribution in [3.8, 4) is 0 Å². The van der Waals surface area contributed by atoms with Gasteiger partial charge in [-0.3, -0.25) is 4.79 Å². The van der Waals surface area contributed by atoms with E-state index in [9.17, 15) is 4.79 Å². The molecule has 3 aromatic rings. The molecule has 4 N–H and O–H groups in total. The van der Waals surface area contributed by atoms with Crippen LogP contribution in [0.5, 0.6) is 0 Å². The van der Waals surface area contributed by atoms with E-state index in [-0.39, 0.29) is 11.8 Å². The molecule has 1 aliphatic heterocycles. The van der Waals surface area contributed by atoms with Crippen molar-refractivity contribution in [2.75, 3.05) is 17.6 Å². The van der Waals surface area contributed by atoms with Crippen LogP contribution in [0.4, 0.5) is 17.2 Å². The molecule has 2 aromatic heterocycles. The lowest BCUT2D eigenvalue weighted by molar-refractivity contribution is -0.135. The number of amides is 1.